The minimum Gasteiger partial charge on any atom is -0.463 e. The molecular weight excluding hydrogens is 822 g/mol. The van der Waals surface area contributed by atoms with Gasteiger partial charge in [0, 0.05) is 19.4 Å². The van der Waals surface area contributed by atoms with Gasteiger partial charge in [0.2, 0.25) is 5.91 Å². The summed E-state index contributed by atoms with van der Waals surface area (Å²) >= 11 is 0. The van der Waals surface area contributed by atoms with Gasteiger partial charge in [-0.05, 0) is 51.4 Å². The molecule has 10 heteroatoms. The Morgan fingerprint density at radius 2 is 0.844 bits per heavy atom. The van der Waals surface area contributed by atoms with Gasteiger partial charge in [-0.15, -0.1) is 0 Å². The van der Waals surface area contributed by atoms with Crippen LogP contribution in [-0.4, -0.2) is 54.3 Å². The number of amides is 1. The van der Waals surface area contributed by atoms with Crippen molar-refractivity contribution in [3.8, 4) is 0 Å². The molecule has 0 bridgehead atoms. The van der Waals surface area contributed by atoms with Crippen LogP contribution in [-0.2, 0) is 27.9 Å². The van der Waals surface area contributed by atoms with Crippen molar-refractivity contribution in [2.45, 2.75) is 270 Å². The molecule has 9 nitrogen and oxygen atoms in total. The maximum atomic E-state index is 12.2. The van der Waals surface area contributed by atoms with Crippen LogP contribution in [0.3, 0.4) is 0 Å². The summed E-state index contributed by atoms with van der Waals surface area (Å²) in [7, 11) is -4.42. The lowest BCUT2D eigenvalue weighted by molar-refractivity contribution is -0.147. The van der Waals surface area contributed by atoms with Crippen molar-refractivity contribution < 1.29 is 37.9 Å². The Balaban J connectivity index is 3.53. The largest absolute Gasteiger partial charge is 0.472 e. The van der Waals surface area contributed by atoms with E-state index < -0.39 is 26.5 Å². The number of esters is 1. The van der Waals surface area contributed by atoms with Crippen LogP contribution in [0.1, 0.15) is 264 Å². The number of unbranched alkanes of at least 4 members (excludes halogenated alkanes) is 32. The highest BCUT2D eigenvalue weighted by Crippen LogP contribution is 2.42. The molecule has 0 aromatic carbocycles. The predicted molar refractivity (Wildman–Crippen MR) is 271 cm³/mol. The summed E-state index contributed by atoms with van der Waals surface area (Å²) < 4.78 is 27.0. The molecule has 0 aromatic rings. The molecule has 376 valence electrons. The smallest absolute Gasteiger partial charge is 0.463 e. The van der Waals surface area contributed by atoms with E-state index in [0.717, 1.165) is 64.2 Å². The van der Waals surface area contributed by atoms with Gasteiger partial charge in [0.25, 0.3) is 0 Å². The molecule has 2 unspecified atom stereocenters. The zero-order chi connectivity index (χ0) is 46.7. The van der Waals surface area contributed by atoms with E-state index in [9.17, 15) is 24.2 Å². The highest BCUT2D eigenvalue weighted by atomic mass is 31.2. The Labute approximate surface area is 394 Å². The Kier molecular flexibility index (Phi) is 49.2. The van der Waals surface area contributed by atoms with Gasteiger partial charge in [-0.2, -0.15) is 0 Å². The van der Waals surface area contributed by atoms with Gasteiger partial charge in [0.05, 0.1) is 13.2 Å². The standard InChI is InChI=1S/C54H102NO8P/c1-3-5-7-9-11-13-15-17-19-21-23-25-27-28-30-32-34-36-38-40-42-44-46-53(57)55-48-49-62-64(59,60)63-51-52(56)50-61-54(58)47-45-43-41-39-37-35-33-31-29-26-24-22-20-18-16-14-12-10-8-6-4-2/h12,14,18,20,24,26,52,56H,3-11,13,15-17,19,21-23,25,27-51H2,1-2H3,(H,55,57)(H,59,60)/b14-12-,20-18-,26-24-. The van der Waals surface area contributed by atoms with Crippen molar-refractivity contribution in [2.75, 3.05) is 26.4 Å². The number of allylic oxidation sites excluding steroid dienone is 6. The summed E-state index contributed by atoms with van der Waals surface area (Å²) in [6.07, 6.45) is 59.4. The van der Waals surface area contributed by atoms with Crippen molar-refractivity contribution in [1.82, 2.24) is 5.32 Å². The molecular formula is C54H102NO8P. The van der Waals surface area contributed by atoms with Crippen LogP contribution < -0.4 is 5.32 Å². The molecule has 64 heavy (non-hydrogen) atoms. The van der Waals surface area contributed by atoms with Crippen molar-refractivity contribution in [1.29, 1.82) is 0 Å². The molecule has 0 saturated heterocycles. The van der Waals surface area contributed by atoms with Crippen LogP contribution in [0, 0.1) is 0 Å². The van der Waals surface area contributed by atoms with E-state index in [1.54, 1.807) is 0 Å². The predicted octanol–water partition coefficient (Wildman–Crippen LogP) is 16.1. The Morgan fingerprint density at radius 3 is 1.30 bits per heavy atom. The quantitative estimate of drug-likeness (QED) is 0.0238. The number of phosphoric acid groups is 1. The van der Waals surface area contributed by atoms with Crippen molar-refractivity contribution in [2.24, 2.45) is 0 Å². The molecule has 0 aromatic heterocycles. The fourth-order valence-electron chi connectivity index (χ4n) is 7.74. The van der Waals surface area contributed by atoms with Gasteiger partial charge in [0.1, 0.15) is 12.7 Å². The number of aliphatic hydroxyl groups is 1. The monoisotopic (exact) mass is 924 g/mol. The fourth-order valence-corrected chi connectivity index (χ4v) is 8.50. The number of carbonyl (C=O) groups is 2. The first-order valence-corrected chi connectivity index (χ1v) is 28.5. The van der Waals surface area contributed by atoms with Gasteiger partial charge in [-0.1, -0.05) is 237 Å². The molecule has 0 fully saturated rings. The van der Waals surface area contributed by atoms with Crippen molar-refractivity contribution in [3.63, 3.8) is 0 Å². The van der Waals surface area contributed by atoms with E-state index in [2.05, 4.69) is 55.6 Å². The number of rotatable bonds is 51. The SMILES string of the molecule is CCCCC/C=C\C/C=C\C/C=C\CCCCCCCCCCC(=O)OCC(O)COP(=O)(O)OCCNC(=O)CCCCCCCCCCCCCCCCCCCCCCCC. The highest BCUT2D eigenvalue weighted by Gasteiger charge is 2.23. The summed E-state index contributed by atoms with van der Waals surface area (Å²) in [5.74, 6) is -0.513. The number of nitrogens with one attached hydrogen (secondary N) is 1. The van der Waals surface area contributed by atoms with Crippen molar-refractivity contribution >= 4 is 19.7 Å². The molecule has 0 heterocycles. The molecule has 0 aliphatic rings. The lowest BCUT2D eigenvalue weighted by Crippen LogP contribution is -2.27. The normalized spacial score (nSPS) is 13.4. The van der Waals surface area contributed by atoms with Gasteiger partial charge >= 0.3 is 13.8 Å². The van der Waals surface area contributed by atoms with E-state index in [4.69, 9.17) is 13.8 Å². The average molecular weight is 924 g/mol. The van der Waals surface area contributed by atoms with Gasteiger partial charge in [0.15, 0.2) is 0 Å². The second-order valence-electron chi connectivity index (χ2n) is 18.2. The van der Waals surface area contributed by atoms with Crippen molar-refractivity contribution in [3.05, 3.63) is 36.5 Å². The molecule has 1 amide bonds. The molecule has 0 saturated carbocycles. The van der Waals surface area contributed by atoms with E-state index in [1.165, 1.54) is 173 Å². The van der Waals surface area contributed by atoms with Crippen LogP contribution in [0.4, 0.5) is 0 Å². The molecule has 3 N–H and O–H groups in total. The molecule has 2 atom stereocenters. The molecule has 0 aliphatic heterocycles. The number of aliphatic hydroxyl groups excluding tert-OH is 1. The molecule has 0 rings (SSSR count). The Bertz CT molecular complexity index is 1140. The second-order valence-corrected chi connectivity index (χ2v) is 19.7. The Morgan fingerprint density at radius 1 is 0.484 bits per heavy atom. The minimum absolute atomic E-state index is 0.0839. The fraction of sp³-hybridized carbons (Fsp3) is 0.852. The highest BCUT2D eigenvalue weighted by molar-refractivity contribution is 7.47. The number of carbonyl (C=O) groups excluding carboxylic acids is 2. The van der Waals surface area contributed by atoms with E-state index in [1.807, 2.05) is 0 Å². The first kappa shape index (κ1) is 62.2. The third kappa shape index (κ3) is 51.2. The summed E-state index contributed by atoms with van der Waals surface area (Å²) in [6.45, 7) is 3.57. The molecule has 0 spiro atoms. The number of ether oxygens (including phenoxy) is 1. The van der Waals surface area contributed by atoms with E-state index in [0.29, 0.717) is 6.42 Å². The van der Waals surface area contributed by atoms with Gasteiger partial charge in [-0.3, -0.25) is 18.6 Å². The third-order valence-electron chi connectivity index (χ3n) is 11.8. The third-order valence-corrected chi connectivity index (χ3v) is 12.8. The van der Waals surface area contributed by atoms with Gasteiger partial charge < -0.3 is 20.1 Å². The van der Waals surface area contributed by atoms with Crippen LogP contribution in [0.5, 0.6) is 0 Å². The summed E-state index contributed by atoms with van der Waals surface area (Å²) in [5, 5.41) is 12.8. The van der Waals surface area contributed by atoms with Gasteiger partial charge in [-0.25, -0.2) is 4.57 Å². The zero-order valence-electron chi connectivity index (χ0n) is 41.7. The summed E-state index contributed by atoms with van der Waals surface area (Å²) in [5.41, 5.74) is 0. The Hall–Kier alpha value is -1.77. The number of hydrogen-bond acceptors (Lipinski definition) is 7. The van der Waals surface area contributed by atoms with Crippen LogP contribution >= 0.6 is 7.82 Å². The first-order valence-electron chi connectivity index (χ1n) is 27.0. The average Bonchev–Trinajstić information content (AvgIpc) is 3.28. The maximum Gasteiger partial charge on any atom is 0.472 e. The van der Waals surface area contributed by atoms with Crippen LogP contribution in [0.15, 0.2) is 36.5 Å². The summed E-state index contributed by atoms with van der Waals surface area (Å²) in [6, 6.07) is 0. The topological polar surface area (TPSA) is 131 Å². The zero-order valence-corrected chi connectivity index (χ0v) is 42.6. The summed E-state index contributed by atoms with van der Waals surface area (Å²) in [4.78, 5) is 34.1. The van der Waals surface area contributed by atoms with Crippen LogP contribution in [0.2, 0.25) is 0 Å². The maximum absolute atomic E-state index is 12.2. The number of phosphoric ester groups is 1. The second kappa shape index (κ2) is 50.6. The minimum atomic E-state index is -4.42. The lowest BCUT2D eigenvalue weighted by Gasteiger charge is -2.15. The molecule has 0 aliphatic carbocycles. The molecule has 0 radical (unpaired) electrons. The lowest BCUT2D eigenvalue weighted by atomic mass is 10.0. The number of hydrogen-bond donors (Lipinski definition) is 3. The first-order chi connectivity index (χ1) is 31.3. The van der Waals surface area contributed by atoms with E-state index >= 15 is 0 Å². The van der Waals surface area contributed by atoms with E-state index in [-0.39, 0.29) is 32.1 Å². The van der Waals surface area contributed by atoms with Crippen LogP contribution in [0.25, 0.3) is 0 Å².